The van der Waals surface area contributed by atoms with Crippen molar-refractivity contribution in [3.8, 4) is 11.5 Å². The second kappa shape index (κ2) is 9.07. The van der Waals surface area contributed by atoms with Gasteiger partial charge in [0.1, 0.15) is 17.3 Å². The number of fused-ring (bicyclic) bond motifs is 1. The number of aryl methyl sites for hydroxylation is 1. The molecular weight excluding hydrogens is 448 g/mol. The van der Waals surface area contributed by atoms with Gasteiger partial charge in [0.25, 0.3) is 5.25 Å². The molecule has 0 aliphatic rings. The Balaban J connectivity index is 1.52. The van der Waals surface area contributed by atoms with E-state index in [2.05, 4.69) is 20.6 Å². The molecule has 4 aromatic rings. The molecule has 0 aliphatic heterocycles. The number of anilines is 3. The molecule has 1 amide bonds. The minimum absolute atomic E-state index is 0.216. The average Bonchev–Trinajstić information content (AvgIpc) is 3.03. The fourth-order valence-corrected chi connectivity index (χ4v) is 3.84. The number of thioether (sulfide) groups is 1. The van der Waals surface area contributed by atoms with Gasteiger partial charge in [-0.1, -0.05) is 11.8 Å². The predicted molar refractivity (Wildman–Crippen MR) is 126 cm³/mol. The van der Waals surface area contributed by atoms with Crippen molar-refractivity contribution >= 4 is 46.2 Å². The summed E-state index contributed by atoms with van der Waals surface area (Å²) >= 11 is 0.508. The van der Waals surface area contributed by atoms with E-state index in [-0.39, 0.29) is 5.91 Å². The van der Waals surface area contributed by atoms with E-state index in [4.69, 9.17) is 4.74 Å². The van der Waals surface area contributed by atoms with Crippen molar-refractivity contribution in [1.82, 2.24) is 14.5 Å². The summed E-state index contributed by atoms with van der Waals surface area (Å²) in [5, 5.41) is 3.00. The number of halogens is 2. The monoisotopic (exact) mass is 469 g/mol. The number of rotatable bonds is 7. The van der Waals surface area contributed by atoms with Gasteiger partial charge < -0.3 is 19.9 Å². The van der Waals surface area contributed by atoms with Gasteiger partial charge in [-0.25, -0.2) is 9.97 Å². The first-order valence-corrected chi connectivity index (χ1v) is 10.8. The molecule has 170 valence electrons. The van der Waals surface area contributed by atoms with Crippen LogP contribution < -0.4 is 15.4 Å². The lowest BCUT2D eigenvalue weighted by molar-refractivity contribution is -0.114. The largest absolute Gasteiger partial charge is 0.457 e. The number of benzene rings is 2. The van der Waals surface area contributed by atoms with Gasteiger partial charge in [0.05, 0.1) is 11.0 Å². The third kappa shape index (κ3) is 5.78. The van der Waals surface area contributed by atoms with Gasteiger partial charge in [0, 0.05) is 49.8 Å². The van der Waals surface area contributed by atoms with Crippen molar-refractivity contribution in [2.75, 3.05) is 10.6 Å². The van der Waals surface area contributed by atoms with Crippen LogP contribution in [0.15, 0.2) is 65.7 Å². The molecule has 33 heavy (non-hydrogen) atoms. The first-order valence-electron chi connectivity index (χ1n) is 9.98. The minimum atomic E-state index is -2.83. The standard InChI is InChI=1S/C23H21F2N5O2S/c1-14(31)27-21-13-17(10-11-26-21)32-16-6-9-20-19(12-16)29-22(30(20)3)28-15-4-7-18(8-5-15)33-23(2,24)25/h4-13H,1-3H3,(H,28,29)(H,26,27,31). The third-order valence-corrected chi connectivity index (χ3v) is 5.40. The van der Waals surface area contributed by atoms with E-state index in [1.165, 1.54) is 6.92 Å². The molecule has 0 bridgehead atoms. The molecule has 0 saturated heterocycles. The summed E-state index contributed by atoms with van der Waals surface area (Å²) in [6, 6.07) is 15.6. The number of hydrogen-bond acceptors (Lipinski definition) is 6. The Kier molecular flexibility index (Phi) is 6.19. The Bertz CT molecular complexity index is 1300. The lowest BCUT2D eigenvalue weighted by atomic mass is 10.3. The molecule has 2 heterocycles. The topological polar surface area (TPSA) is 81.1 Å². The van der Waals surface area contributed by atoms with Crippen LogP contribution in [0.3, 0.4) is 0 Å². The van der Waals surface area contributed by atoms with E-state index in [1.54, 1.807) is 42.6 Å². The number of hydrogen-bond donors (Lipinski definition) is 2. The molecule has 0 aliphatic carbocycles. The number of alkyl halides is 2. The number of aromatic nitrogens is 3. The number of nitrogens with one attached hydrogen (secondary N) is 2. The molecule has 4 rings (SSSR count). The average molecular weight is 470 g/mol. The molecular formula is C23H21F2N5O2S. The number of amides is 1. The molecule has 0 saturated carbocycles. The van der Waals surface area contributed by atoms with Crippen molar-refractivity contribution in [2.45, 2.75) is 24.0 Å². The van der Waals surface area contributed by atoms with Gasteiger partial charge in [0.15, 0.2) is 0 Å². The maximum Gasteiger partial charge on any atom is 0.295 e. The van der Waals surface area contributed by atoms with Crippen LogP contribution in [0.2, 0.25) is 0 Å². The Hall–Kier alpha value is -3.66. The van der Waals surface area contributed by atoms with E-state index < -0.39 is 5.25 Å². The molecule has 0 spiro atoms. The van der Waals surface area contributed by atoms with E-state index >= 15 is 0 Å². The Morgan fingerprint density at radius 1 is 1.09 bits per heavy atom. The molecule has 2 N–H and O–H groups in total. The zero-order valence-corrected chi connectivity index (χ0v) is 18.9. The van der Waals surface area contributed by atoms with Crippen LogP contribution in [0.4, 0.5) is 26.2 Å². The highest BCUT2D eigenvalue weighted by Crippen LogP contribution is 2.36. The van der Waals surface area contributed by atoms with Crippen molar-refractivity contribution in [1.29, 1.82) is 0 Å². The molecule has 0 unspecified atom stereocenters. The van der Waals surface area contributed by atoms with Gasteiger partial charge in [-0.2, -0.15) is 8.78 Å². The fraction of sp³-hybridized carbons (Fsp3) is 0.174. The van der Waals surface area contributed by atoms with Crippen molar-refractivity contribution < 1.29 is 18.3 Å². The summed E-state index contributed by atoms with van der Waals surface area (Å²) in [4.78, 5) is 20.4. The number of carbonyl (C=O) groups excluding carboxylic acids is 1. The maximum absolute atomic E-state index is 13.2. The van der Waals surface area contributed by atoms with Crippen LogP contribution in [-0.4, -0.2) is 25.7 Å². The summed E-state index contributed by atoms with van der Waals surface area (Å²) < 4.78 is 34.1. The second-order valence-electron chi connectivity index (χ2n) is 7.36. The molecule has 2 aromatic heterocycles. The Labute approximate surface area is 193 Å². The van der Waals surface area contributed by atoms with E-state index in [1.807, 2.05) is 29.8 Å². The smallest absolute Gasteiger partial charge is 0.295 e. The van der Waals surface area contributed by atoms with Gasteiger partial charge in [-0.15, -0.1) is 0 Å². The van der Waals surface area contributed by atoms with Gasteiger partial charge in [-0.05, 0) is 42.5 Å². The minimum Gasteiger partial charge on any atom is -0.457 e. The summed E-state index contributed by atoms with van der Waals surface area (Å²) in [6.07, 6.45) is 1.55. The number of pyridine rings is 1. The summed E-state index contributed by atoms with van der Waals surface area (Å²) in [5.74, 6) is 1.89. The molecule has 7 nitrogen and oxygen atoms in total. The van der Waals surface area contributed by atoms with E-state index in [0.717, 1.165) is 18.1 Å². The number of carbonyl (C=O) groups is 1. The number of imidazole rings is 1. The summed E-state index contributed by atoms with van der Waals surface area (Å²) in [7, 11) is 1.88. The molecule has 0 radical (unpaired) electrons. The molecule has 0 fully saturated rings. The second-order valence-corrected chi connectivity index (χ2v) is 8.76. The van der Waals surface area contributed by atoms with Crippen molar-refractivity contribution in [3.05, 3.63) is 60.8 Å². The van der Waals surface area contributed by atoms with Crippen molar-refractivity contribution in [3.63, 3.8) is 0 Å². The maximum atomic E-state index is 13.2. The molecule has 0 atom stereocenters. The van der Waals surface area contributed by atoms with Crippen LogP contribution in [0, 0.1) is 0 Å². The number of nitrogens with zero attached hydrogens (tertiary/aromatic N) is 3. The number of ether oxygens (including phenoxy) is 1. The first kappa shape index (κ1) is 22.5. The zero-order valence-electron chi connectivity index (χ0n) is 18.1. The Morgan fingerprint density at radius 2 is 1.82 bits per heavy atom. The molecule has 2 aromatic carbocycles. The highest BCUT2D eigenvalue weighted by Gasteiger charge is 2.22. The fourth-order valence-electron chi connectivity index (χ4n) is 3.16. The van der Waals surface area contributed by atoms with Crippen LogP contribution >= 0.6 is 11.8 Å². The zero-order chi connectivity index (χ0) is 23.6. The van der Waals surface area contributed by atoms with E-state index in [0.29, 0.717) is 45.4 Å². The lowest BCUT2D eigenvalue weighted by Gasteiger charge is -2.10. The first-order chi connectivity index (χ1) is 15.7. The predicted octanol–water partition coefficient (Wildman–Crippen LogP) is 6.17. The quantitative estimate of drug-likeness (QED) is 0.315. The van der Waals surface area contributed by atoms with Gasteiger partial charge >= 0.3 is 0 Å². The van der Waals surface area contributed by atoms with Gasteiger partial charge in [-0.3, -0.25) is 4.79 Å². The molecule has 10 heteroatoms. The van der Waals surface area contributed by atoms with Crippen molar-refractivity contribution in [2.24, 2.45) is 7.05 Å². The Morgan fingerprint density at radius 3 is 2.52 bits per heavy atom. The summed E-state index contributed by atoms with van der Waals surface area (Å²) in [5.41, 5.74) is 2.33. The SMILES string of the molecule is CC(=O)Nc1cc(Oc2ccc3c(c2)nc(Nc2ccc(SC(C)(F)F)cc2)n3C)ccn1. The van der Waals surface area contributed by atoms with E-state index in [9.17, 15) is 13.6 Å². The lowest BCUT2D eigenvalue weighted by Crippen LogP contribution is -2.07. The third-order valence-electron chi connectivity index (χ3n) is 4.53. The highest BCUT2D eigenvalue weighted by molar-refractivity contribution is 8.00. The normalized spacial score (nSPS) is 11.4. The van der Waals surface area contributed by atoms with Gasteiger partial charge in [0.2, 0.25) is 11.9 Å². The van der Waals surface area contributed by atoms with Crippen LogP contribution in [0.1, 0.15) is 13.8 Å². The van der Waals surface area contributed by atoms with Crippen LogP contribution in [0.25, 0.3) is 11.0 Å². The van der Waals surface area contributed by atoms with Crippen LogP contribution in [-0.2, 0) is 11.8 Å². The summed E-state index contributed by atoms with van der Waals surface area (Å²) in [6.45, 7) is 2.28. The van der Waals surface area contributed by atoms with Crippen LogP contribution in [0.5, 0.6) is 11.5 Å². The highest BCUT2D eigenvalue weighted by atomic mass is 32.2.